The van der Waals surface area contributed by atoms with Gasteiger partial charge in [-0.15, -0.1) is 0 Å². The number of rotatable bonds is 5. The summed E-state index contributed by atoms with van der Waals surface area (Å²) >= 11 is 0. The molecule has 0 aliphatic carbocycles. The number of aromatic amines is 1. The maximum Gasteiger partial charge on any atom is 0.254 e. The third-order valence-corrected chi connectivity index (χ3v) is 2.62. The van der Waals surface area contributed by atoms with Crippen molar-refractivity contribution in [2.45, 2.75) is 26.2 Å². The van der Waals surface area contributed by atoms with Crippen molar-refractivity contribution in [1.82, 2.24) is 15.0 Å². The molecule has 0 aliphatic heterocycles. The lowest BCUT2D eigenvalue weighted by molar-refractivity contribution is 0.305. The van der Waals surface area contributed by atoms with E-state index in [2.05, 4.69) is 15.0 Å². The molecule has 0 bridgehead atoms. The highest BCUT2D eigenvalue weighted by molar-refractivity contribution is 5.11. The van der Waals surface area contributed by atoms with Crippen molar-refractivity contribution in [1.29, 1.82) is 0 Å². The number of nitrogens with one attached hydrogen (secondary N) is 1. The Morgan fingerprint density at radius 1 is 1.37 bits per heavy atom. The van der Waals surface area contributed by atoms with Gasteiger partial charge in [-0.05, 0) is 12.1 Å². The second-order valence-corrected chi connectivity index (χ2v) is 4.54. The molecular formula is C14H17N3O2. The number of H-pyrrole nitrogens is 1. The van der Waals surface area contributed by atoms with E-state index < -0.39 is 0 Å². The normalized spacial score (nSPS) is 10.7. The summed E-state index contributed by atoms with van der Waals surface area (Å²) in [4.78, 5) is 22.6. The van der Waals surface area contributed by atoms with E-state index in [1.54, 1.807) is 6.20 Å². The van der Waals surface area contributed by atoms with Crippen LogP contribution in [-0.4, -0.2) is 21.6 Å². The lowest BCUT2D eigenvalue weighted by Crippen LogP contribution is -2.14. The van der Waals surface area contributed by atoms with E-state index in [4.69, 9.17) is 4.74 Å². The average Bonchev–Trinajstić information content (AvgIpc) is 2.39. The Morgan fingerprint density at radius 3 is 2.89 bits per heavy atom. The molecule has 0 aromatic carbocycles. The molecular weight excluding hydrogens is 242 g/mol. The van der Waals surface area contributed by atoms with Crippen LogP contribution < -0.4 is 10.3 Å². The van der Waals surface area contributed by atoms with Gasteiger partial charge in [0, 0.05) is 24.2 Å². The number of ether oxygens (including phenoxy) is 1. The van der Waals surface area contributed by atoms with Gasteiger partial charge < -0.3 is 9.72 Å². The van der Waals surface area contributed by atoms with Crippen LogP contribution in [0.25, 0.3) is 0 Å². The van der Waals surface area contributed by atoms with Crippen molar-refractivity contribution in [3.8, 4) is 5.88 Å². The SMILES string of the molecule is CC(C)c1nc(OCCc2ccccn2)cc(=O)[nH]1. The van der Waals surface area contributed by atoms with Gasteiger partial charge in [-0.3, -0.25) is 9.78 Å². The monoisotopic (exact) mass is 259 g/mol. The van der Waals surface area contributed by atoms with Gasteiger partial charge in [0.15, 0.2) is 0 Å². The molecule has 5 heteroatoms. The Hall–Kier alpha value is -2.17. The van der Waals surface area contributed by atoms with E-state index >= 15 is 0 Å². The Labute approximate surface area is 111 Å². The molecule has 0 aliphatic rings. The molecule has 2 rings (SSSR count). The standard InChI is InChI=1S/C14H17N3O2/c1-10(2)14-16-12(18)9-13(17-14)19-8-6-11-5-3-4-7-15-11/h3-5,7,9-10H,6,8H2,1-2H3,(H,16,17,18). The zero-order valence-electron chi connectivity index (χ0n) is 11.1. The first-order valence-electron chi connectivity index (χ1n) is 6.29. The van der Waals surface area contributed by atoms with Gasteiger partial charge in [-0.2, -0.15) is 4.98 Å². The molecule has 0 saturated heterocycles. The predicted molar refractivity (Wildman–Crippen MR) is 72.4 cm³/mol. The smallest absolute Gasteiger partial charge is 0.254 e. The van der Waals surface area contributed by atoms with Crippen molar-refractivity contribution >= 4 is 0 Å². The van der Waals surface area contributed by atoms with Gasteiger partial charge in [-0.25, -0.2) is 0 Å². The van der Waals surface area contributed by atoms with Crippen molar-refractivity contribution in [3.63, 3.8) is 0 Å². The quantitative estimate of drug-likeness (QED) is 0.890. The van der Waals surface area contributed by atoms with Gasteiger partial charge in [-0.1, -0.05) is 19.9 Å². The van der Waals surface area contributed by atoms with Crippen molar-refractivity contribution in [3.05, 3.63) is 52.3 Å². The highest BCUT2D eigenvalue weighted by Gasteiger charge is 2.06. The fourth-order valence-electron chi connectivity index (χ4n) is 1.61. The van der Waals surface area contributed by atoms with E-state index in [1.807, 2.05) is 32.0 Å². The highest BCUT2D eigenvalue weighted by Crippen LogP contribution is 2.10. The summed E-state index contributed by atoms with van der Waals surface area (Å²) in [6.07, 6.45) is 2.43. The van der Waals surface area contributed by atoms with Crippen LogP contribution in [0.4, 0.5) is 0 Å². The number of hydrogen-bond donors (Lipinski definition) is 1. The molecule has 0 radical (unpaired) electrons. The summed E-state index contributed by atoms with van der Waals surface area (Å²) in [5.74, 6) is 1.16. The summed E-state index contributed by atoms with van der Waals surface area (Å²) in [6.45, 7) is 4.39. The van der Waals surface area contributed by atoms with Crippen LogP contribution in [-0.2, 0) is 6.42 Å². The first kappa shape index (κ1) is 13.3. The summed E-state index contributed by atoms with van der Waals surface area (Å²) < 4.78 is 5.51. The molecule has 100 valence electrons. The lowest BCUT2D eigenvalue weighted by Gasteiger charge is -2.08. The van der Waals surface area contributed by atoms with Crippen LogP contribution in [0.15, 0.2) is 35.3 Å². The molecule has 0 atom stereocenters. The van der Waals surface area contributed by atoms with Crippen molar-refractivity contribution in [2.75, 3.05) is 6.61 Å². The van der Waals surface area contributed by atoms with Crippen LogP contribution in [0, 0.1) is 0 Å². The van der Waals surface area contributed by atoms with Crippen LogP contribution >= 0.6 is 0 Å². The van der Waals surface area contributed by atoms with Crippen LogP contribution in [0.5, 0.6) is 5.88 Å². The van der Waals surface area contributed by atoms with Gasteiger partial charge in [0.2, 0.25) is 5.88 Å². The highest BCUT2D eigenvalue weighted by atomic mass is 16.5. The molecule has 0 fully saturated rings. The summed E-state index contributed by atoms with van der Waals surface area (Å²) in [7, 11) is 0. The fraction of sp³-hybridized carbons (Fsp3) is 0.357. The number of nitrogens with zero attached hydrogens (tertiary/aromatic N) is 2. The van der Waals surface area contributed by atoms with E-state index in [0.29, 0.717) is 24.7 Å². The van der Waals surface area contributed by atoms with Gasteiger partial charge in [0.25, 0.3) is 5.56 Å². The predicted octanol–water partition coefficient (Wildman–Crippen LogP) is 1.91. The minimum Gasteiger partial charge on any atom is -0.477 e. The molecule has 0 unspecified atom stereocenters. The first-order chi connectivity index (χ1) is 9.15. The molecule has 0 spiro atoms. The third-order valence-electron chi connectivity index (χ3n) is 2.62. The second kappa shape index (κ2) is 6.13. The second-order valence-electron chi connectivity index (χ2n) is 4.54. The molecule has 0 saturated carbocycles. The van der Waals surface area contributed by atoms with Gasteiger partial charge in [0.05, 0.1) is 12.7 Å². The number of hydrogen-bond acceptors (Lipinski definition) is 4. The Bertz CT molecular complexity index is 579. The molecule has 0 amide bonds. The Kier molecular flexibility index (Phi) is 4.28. The summed E-state index contributed by atoms with van der Waals surface area (Å²) in [6, 6.07) is 7.11. The minimum absolute atomic E-state index is 0.159. The van der Waals surface area contributed by atoms with Crippen LogP contribution in [0.2, 0.25) is 0 Å². The Morgan fingerprint density at radius 2 is 2.21 bits per heavy atom. The van der Waals surface area contributed by atoms with E-state index in [9.17, 15) is 4.79 Å². The minimum atomic E-state index is -0.188. The molecule has 2 aromatic heterocycles. The summed E-state index contributed by atoms with van der Waals surface area (Å²) in [5, 5.41) is 0. The largest absolute Gasteiger partial charge is 0.477 e. The molecule has 5 nitrogen and oxygen atoms in total. The van der Waals surface area contributed by atoms with Gasteiger partial charge in [0.1, 0.15) is 5.82 Å². The van der Waals surface area contributed by atoms with Crippen molar-refractivity contribution in [2.24, 2.45) is 0 Å². The molecule has 19 heavy (non-hydrogen) atoms. The van der Waals surface area contributed by atoms with E-state index in [1.165, 1.54) is 6.07 Å². The zero-order chi connectivity index (χ0) is 13.7. The molecule has 1 N–H and O–H groups in total. The topological polar surface area (TPSA) is 67.9 Å². The van der Waals surface area contributed by atoms with Gasteiger partial charge >= 0.3 is 0 Å². The fourth-order valence-corrected chi connectivity index (χ4v) is 1.61. The number of pyridine rings is 1. The third kappa shape index (κ3) is 3.91. The zero-order valence-corrected chi connectivity index (χ0v) is 11.1. The van der Waals surface area contributed by atoms with E-state index in [-0.39, 0.29) is 11.5 Å². The van der Waals surface area contributed by atoms with E-state index in [0.717, 1.165) is 5.69 Å². The molecule has 2 heterocycles. The average molecular weight is 259 g/mol. The van der Waals surface area contributed by atoms with Crippen LogP contribution in [0.3, 0.4) is 0 Å². The van der Waals surface area contributed by atoms with Crippen LogP contribution in [0.1, 0.15) is 31.3 Å². The van der Waals surface area contributed by atoms with Crippen molar-refractivity contribution < 1.29 is 4.74 Å². The maximum atomic E-state index is 11.5. The maximum absolute atomic E-state index is 11.5. The number of aromatic nitrogens is 3. The Balaban J connectivity index is 1.98. The summed E-state index contributed by atoms with van der Waals surface area (Å²) in [5.41, 5.74) is 0.767. The first-order valence-corrected chi connectivity index (χ1v) is 6.29. The molecule has 2 aromatic rings. The lowest BCUT2D eigenvalue weighted by atomic mass is 10.2.